The van der Waals surface area contributed by atoms with Crippen LogP contribution in [-0.4, -0.2) is 29.3 Å². The molecular formula is C19H22ClN3O2. The number of carbonyl (C=O) groups is 2. The molecule has 3 rings (SSSR count). The van der Waals surface area contributed by atoms with Gasteiger partial charge in [0, 0.05) is 24.3 Å². The van der Waals surface area contributed by atoms with Gasteiger partial charge in [-0.3, -0.25) is 9.59 Å². The molecule has 0 bridgehead atoms. The van der Waals surface area contributed by atoms with Gasteiger partial charge in [0.05, 0.1) is 0 Å². The van der Waals surface area contributed by atoms with E-state index >= 15 is 0 Å². The predicted molar refractivity (Wildman–Crippen MR) is 101 cm³/mol. The summed E-state index contributed by atoms with van der Waals surface area (Å²) >= 11 is 0. The van der Waals surface area contributed by atoms with Crippen molar-refractivity contribution < 1.29 is 9.59 Å². The Balaban J connectivity index is 0.00000225. The van der Waals surface area contributed by atoms with Gasteiger partial charge in [-0.15, -0.1) is 12.4 Å². The van der Waals surface area contributed by atoms with Gasteiger partial charge in [0.2, 0.25) is 5.91 Å². The summed E-state index contributed by atoms with van der Waals surface area (Å²) in [5, 5.41) is 2.84. The summed E-state index contributed by atoms with van der Waals surface area (Å²) in [7, 11) is 0. The fraction of sp³-hybridized carbons (Fsp3) is 0.263. The van der Waals surface area contributed by atoms with Crippen LogP contribution in [0.3, 0.4) is 0 Å². The summed E-state index contributed by atoms with van der Waals surface area (Å²) < 4.78 is 0. The zero-order chi connectivity index (χ0) is 17.1. The molecule has 25 heavy (non-hydrogen) atoms. The lowest BCUT2D eigenvalue weighted by molar-refractivity contribution is -0.129. The maximum Gasteiger partial charge on any atom is 0.252 e. The van der Waals surface area contributed by atoms with Gasteiger partial charge >= 0.3 is 0 Å². The Labute approximate surface area is 153 Å². The molecule has 0 radical (unpaired) electrons. The van der Waals surface area contributed by atoms with E-state index in [-0.39, 0.29) is 24.2 Å². The molecule has 5 nitrogen and oxygen atoms in total. The number of nitrogen functional groups attached to an aromatic ring is 1. The number of hydrogen-bond acceptors (Lipinski definition) is 3. The first-order chi connectivity index (χ1) is 11.5. The molecule has 3 N–H and O–H groups in total. The van der Waals surface area contributed by atoms with E-state index in [1.807, 2.05) is 43.3 Å². The van der Waals surface area contributed by atoms with E-state index in [1.54, 1.807) is 17.0 Å². The lowest BCUT2D eigenvalue weighted by atomic mass is 10.1. The number of halogens is 1. The quantitative estimate of drug-likeness (QED) is 0.824. The number of nitrogens with two attached hydrogens (primary N) is 1. The van der Waals surface area contributed by atoms with Crippen LogP contribution in [0.1, 0.15) is 27.9 Å². The van der Waals surface area contributed by atoms with Crippen molar-refractivity contribution in [3.63, 3.8) is 0 Å². The largest absolute Gasteiger partial charge is 0.399 e. The molecule has 0 spiro atoms. The van der Waals surface area contributed by atoms with Crippen molar-refractivity contribution in [1.82, 2.24) is 10.2 Å². The zero-order valence-electron chi connectivity index (χ0n) is 14.1. The summed E-state index contributed by atoms with van der Waals surface area (Å²) in [5.74, 6) is -0.284. The van der Waals surface area contributed by atoms with Crippen molar-refractivity contribution in [2.75, 3.05) is 12.3 Å². The van der Waals surface area contributed by atoms with E-state index in [2.05, 4.69) is 5.32 Å². The number of carbonyl (C=O) groups excluding carboxylic acids is 2. The first kappa shape index (κ1) is 18.8. The van der Waals surface area contributed by atoms with Crippen LogP contribution in [0, 0.1) is 6.92 Å². The van der Waals surface area contributed by atoms with Gasteiger partial charge in [0.1, 0.15) is 6.04 Å². The third-order valence-electron chi connectivity index (χ3n) is 4.33. The lowest BCUT2D eigenvalue weighted by Gasteiger charge is -2.17. The Morgan fingerprint density at radius 1 is 1.24 bits per heavy atom. The van der Waals surface area contributed by atoms with Gasteiger partial charge in [0.15, 0.2) is 0 Å². The fourth-order valence-corrected chi connectivity index (χ4v) is 2.95. The molecule has 1 heterocycles. The van der Waals surface area contributed by atoms with Crippen LogP contribution in [0.2, 0.25) is 0 Å². The first-order valence-electron chi connectivity index (χ1n) is 8.04. The molecule has 1 unspecified atom stereocenters. The van der Waals surface area contributed by atoms with E-state index in [9.17, 15) is 9.59 Å². The number of aryl methyl sites for hydroxylation is 1. The number of likely N-dealkylation sites (tertiary alicyclic amines) is 1. The highest BCUT2D eigenvalue weighted by Crippen LogP contribution is 2.17. The summed E-state index contributed by atoms with van der Waals surface area (Å²) in [6.45, 7) is 3.07. The molecule has 0 aliphatic carbocycles. The van der Waals surface area contributed by atoms with Crippen molar-refractivity contribution in [3.05, 3.63) is 65.2 Å². The van der Waals surface area contributed by atoms with Crippen molar-refractivity contribution in [3.8, 4) is 0 Å². The van der Waals surface area contributed by atoms with Crippen LogP contribution in [-0.2, 0) is 11.3 Å². The number of nitrogens with zero attached hydrogens (tertiary/aromatic N) is 1. The average Bonchev–Trinajstić information content (AvgIpc) is 2.91. The lowest BCUT2D eigenvalue weighted by Crippen LogP contribution is -2.41. The highest BCUT2D eigenvalue weighted by Gasteiger charge is 2.32. The number of nitrogens with one attached hydrogen (secondary N) is 1. The van der Waals surface area contributed by atoms with Gasteiger partial charge in [-0.1, -0.05) is 36.4 Å². The van der Waals surface area contributed by atoms with Crippen LogP contribution in [0.5, 0.6) is 0 Å². The molecule has 2 aromatic carbocycles. The zero-order valence-corrected chi connectivity index (χ0v) is 14.9. The van der Waals surface area contributed by atoms with E-state index < -0.39 is 6.04 Å². The van der Waals surface area contributed by atoms with Crippen molar-refractivity contribution in [2.24, 2.45) is 0 Å². The van der Waals surface area contributed by atoms with Crippen LogP contribution in [0.25, 0.3) is 0 Å². The maximum atomic E-state index is 12.5. The maximum absolute atomic E-state index is 12.5. The topological polar surface area (TPSA) is 75.4 Å². The van der Waals surface area contributed by atoms with Crippen LogP contribution < -0.4 is 11.1 Å². The molecule has 2 aromatic rings. The Morgan fingerprint density at radius 2 is 1.96 bits per heavy atom. The molecule has 1 atom stereocenters. The summed E-state index contributed by atoms with van der Waals surface area (Å²) in [5.41, 5.74) is 8.74. The van der Waals surface area contributed by atoms with E-state index in [4.69, 9.17) is 5.73 Å². The molecule has 6 heteroatoms. The second-order valence-electron chi connectivity index (χ2n) is 6.13. The molecule has 1 aliphatic heterocycles. The van der Waals surface area contributed by atoms with Gasteiger partial charge in [-0.25, -0.2) is 0 Å². The Bertz CT molecular complexity index is 765. The summed E-state index contributed by atoms with van der Waals surface area (Å²) in [6, 6.07) is 14.6. The third-order valence-corrected chi connectivity index (χ3v) is 4.33. The van der Waals surface area contributed by atoms with Crippen molar-refractivity contribution in [2.45, 2.75) is 25.9 Å². The summed E-state index contributed by atoms with van der Waals surface area (Å²) in [6.07, 6.45) is 0.624. The molecule has 2 amide bonds. The van der Waals surface area contributed by atoms with E-state index in [1.165, 1.54) is 0 Å². The van der Waals surface area contributed by atoms with Gasteiger partial charge in [-0.05, 0) is 36.6 Å². The Hall–Kier alpha value is -2.53. The first-order valence-corrected chi connectivity index (χ1v) is 8.04. The normalized spacial score (nSPS) is 16.4. The standard InChI is InChI=1S/C19H21N3O2.ClH/c1-13-7-8-15(20)11-16(13)18(23)21-17-9-10-22(19(17)24)12-14-5-3-2-4-6-14;/h2-8,11,17H,9-10,12,20H2,1H3,(H,21,23);1H. The number of rotatable bonds is 4. The number of anilines is 1. The fourth-order valence-electron chi connectivity index (χ4n) is 2.95. The Kier molecular flexibility index (Phi) is 6.04. The van der Waals surface area contributed by atoms with Gasteiger partial charge in [0.25, 0.3) is 5.91 Å². The van der Waals surface area contributed by atoms with Crippen LogP contribution >= 0.6 is 12.4 Å². The average molecular weight is 360 g/mol. The van der Waals surface area contributed by atoms with Crippen molar-refractivity contribution >= 4 is 29.9 Å². The number of benzene rings is 2. The molecule has 132 valence electrons. The molecule has 0 saturated carbocycles. The third kappa shape index (κ3) is 4.31. The molecular weight excluding hydrogens is 338 g/mol. The Morgan fingerprint density at radius 3 is 2.68 bits per heavy atom. The molecule has 0 aromatic heterocycles. The van der Waals surface area contributed by atoms with Gasteiger partial charge in [-0.2, -0.15) is 0 Å². The number of hydrogen-bond donors (Lipinski definition) is 2. The van der Waals surface area contributed by atoms with Gasteiger partial charge < -0.3 is 16.0 Å². The number of amides is 2. The van der Waals surface area contributed by atoms with E-state index in [0.717, 1.165) is 11.1 Å². The smallest absolute Gasteiger partial charge is 0.252 e. The second kappa shape index (κ2) is 8.03. The molecule has 1 fully saturated rings. The minimum atomic E-state index is -0.470. The monoisotopic (exact) mass is 359 g/mol. The van der Waals surface area contributed by atoms with E-state index in [0.29, 0.717) is 30.8 Å². The SMILES string of the molecule is Cc1ccc(N)cc1C(=O)NC1CCN(Cc2ccccc2)C1=O.Cl. The van der Waals surface area contributed by atoms with Crippen molar-refractivity contribution in [1.29, 1.82) is 0 Å². The second-order valence-corrected chi connectivity index (χ2v) is 6.13. The minimum absolute atomic E-state index is 0. The highest BCUT2D eigenvalue weighted by atomic mass is 35.5. The highest BCUT2D eigenvalue weighted by molar-refractivity contribution is 5.99. The molecule has 1 saturated heterocycles. The van der Waals surface area contributed by atoms with Crippen LogP contribution in [0.4, 0.5) is 5.69 Å². The minimum Gasteiger partial charge on any atom is -0.399 e. The summed E-state index contributed by atoms with van der Waals surface area (Å²) in [4.78, 5) is 26.7. The molecule has 1 aliphatic rings. The van der Waals surface area contributed by atoms with Crippen LogP contribution in [0.15, 0.2) is 48.5 Å². The predicted octanol–water partition coefficient (Wildman–Crippen LogP) is 2.53.